The van der Waals surface area contributed by atoms with Gasteiger partial charge in [-0.1, -0.05) is 25.1 Å². The lowest BCUT2D eigenvalue weighted by Gasteiger charge is -2.22. The first kappa shape index (κ1) is 13.1. The second-order valence-electron chi connectivity index (χ2n) is 5.05. The van der Waals surface area contributed by atoms with Crippen LogP contribution in [0.1, 0.15) is 42.6 Å². The Bertz CT molecular complexity index is 578. The van der Waals surface area contributed by atoms with E-state index in [1.54, 1.807) is 0 Å². The third-order valence-electron chi connectivity index (χ3n) is 3.74. The van der Waals surface area contributed by atoms with Crippen molar-refractivity contribution in [3.05, 3.63) is 41.6 Å². The number of hydrogen-bond donors (Lipinski definition) is 1. The molecule has 2 unspecified atom stereocenters. The summed E-state index contributed by atoms with van der Waals surface area (Å²) in [4.78, 5) is 0. The number of ether oxygens (including phenoxy) is 1. The van der Waals surface area contributed by atoms with Gasteiger partial charge in [0.05, 0.1) is 12.0 Å². The summed E-state index contributed by atoms with van der Waals surface area (Å²) in [5.74, 6) is 2.43. The molecule has 106 valence electrons. The van der Waals surface area contributed by atoms with Gasteiger partial charge in [-0.15, -0.1) is 10.2 Å². The third-order valence-corrected chi connectivity index (χ3v) is 3.74. The predicted molar refractivity (Wildman–Crippen MR) is 74.8 cm³/mol. The molecule has 0 spiro atoms. The van der Waals surface area contributed by atoms with Crippen LogP contribution in [0.15, 0.2) is 28.7 Å². The molecule has 3 rings (SSSR count). The molecule has 0 saturated carbocycles. The lowest BCUT2D eigenvalue weighted by molar-refractivity contribution is 0.237. The minimum atomic E-state index is 0.119. The van der Waals surface area contributed by atoms with Crippen molar-refractivity contribution in [3.63, 3.8) is 0 Å². The van der Waals surface area contributed by atoms with Crippen molar-refractivity contribution >= 4 is 0 Å². The summed E-state index contributed by atoms with van der Waals surface area (Å²) in [5, 5.41) is 11.5. The van der Waals surface area contributed by atoms with E-state index in [1.807, 2.05) is 25.2 Å². The molecule has 1 aliphatic rings. The molecular weight excluding hydrogens is 254 g/mol. The molecule has 2 atom stereocenters. The van der Waals surface area contributed by atoms with Gasteiger partial charge in [0.25, 0.3) is 0 Å². The van der Waals surface area contributed by atoms with Gasteiger partial charge in [0, 0.05) is 0 Å². The Morgan fingerprint density at radius 2 is 2.20 bits per heavy atom. The van der Waals surface area contributed by atoms with Gasteiger partial charge >= 0.3 is 0 Å². The molecule has 1 aromatic heterocycles. The van der Waals surface area contributed by atoms with Crippen LogP contribution in [0, 0.1) is 0 Å². The van der Waals surface area contributed by atoms with E-state index in [1.165, 1.54) is 5.56 Å². The van der Waals surface area contributed by atoms with Crippen LogP contribution in [-0.2, 0) is 6.42 Å². The molecule has 0 amide bonds. The molecule has 0 bridgehead atoms. The summed E-state index contributed by atoms with van der Waals surface area (Å²) < 4.78 is 11.6. The van der Waals surface area contributed by atoms with Gasteiger partial charge in [-0.25, -0.2) is 0 Å². The van der Waals surface area contributed by atoms with Crippen LogP contribution in [-0.4, -0.2) is 23.9 Å². The molecule has 20 heavy (non-hydrogen) atoms. The number of benzene rings is 1. The standard InChI is InChI=1S/C15H19N3O2/c1-3-12(16-2)15-18-17-14(20-15)11-8-10-6-4-5-7-13(10)19-9-11/h4-7,11-12,16H,3,8-9H2,1-2H3. The number of nitrogens with one attached hydrogen (secondary N) is 1. The molecule has 0 fully saturated rings. The van der Waals surface area contributed by atoms with Crippen molar-refractivity contribution in [1.29, 1.82) is 0 Å². The second kappa shape index (κ2) is 5.63. The maximum atomic E-state index is 5.82. The van der Waals surface area contributed by atoms with Gasteiger partial charge in [-0.2, -0.15) is 0 Å². The fourth-order valence-corrected chi connectivity index (χ4v) is 2.54. The molecular formula is C15H19N3O2. The van der Waals surface area contributed by atoms with E-state index in [0.29, 0.717) is 18.4 Å². The summed E-state index contributed by atoms with van der Waals surface area (Å²) in [5.41, 5.74) is 1.20. The molecule has 5 heteroatoms. The van der Waals surface area contributed by atoms with Gasteiger partial charge in [0.2, 0.25) is 11.8 Å². The molecule has 1 aromatic carbocycles. The van der Waals surface area contributed by atoms with E-state index >= 15 is 0 Å². The Labute approximate surface area is 118 Å². The van der Waals surface area contributed by atoms with Crippen molar-refractivity contribution in [2.45, 2.75) is 31.7 Å². The number of para-hydroxylation sites is 1. The molecule has 2 aromatic rings. The average molecular weight is 273 g/mol. The Kier molecular flexibility index (Phi) is 3.69. The number of rotatable bonds is 4. The Balaban J connectivity index is 1.78. The van der Waals surface area contributed by atoms with Crippen molar-refractivity contribution in [3.8, 4) is 5.75 Å². The van der Waals surface area contributed by atoms with E-state index in [9.17, 15) is 0 Å². The summed E-state index contributed by atoms with van der Waals surface area (Å²) in [6.07, 6.45) is 1.80. The zero-order valence-electron chi connectivity index (χ0n) is 11.8. The Morgan fingerprint density at radius 3 is 3.00 bits per heavy atom. The fraction of sp³-hybridized carbons (Fsp3) is 0.467. The lowest BCUT2D eigenvalue weighted by Crippen LogP contribution is -2.19. The van der Waals surface area contributed by atoms with Crippen LogP contribution < -0.4 is 10.1 Å². The normalized spacial score (nSPS) is 19.2. The highest BCUT2D eigenvalue weighted by Crippen LogP contribution is 2.32. The summed E-state index contributed by atoms with van der Waals surface area (Å²) >= 11 is 0. The molecule has 0 saturated heterocycles. The van der Waals surface area contributed by atoms with Gasteiger partial charge < -0.3 is 14.5 Å². The summed E-state index contributed by atoms with van der Waals surface area (Å²) in [6.45, 7) is 2.68. The van der Waals surface area contributed by atoms with Crippen LogP contribution in [0.5, 0.6) is 5.75 Å². The highest BCUT2D eigenvalue weighted by molar-refractivity contribution is 5.36. The first-order valence-corrected chi connectivity index (χ1v) is 7.03. The van der Waals surface area contributed by atoms with Crippen LogP contribution in [0.2, 0.25) is 0 Å². The summed E-state index contributed by atoms with van der Waals surface area (Å²) in [6, 6.07) is 8.22. The van der Waals surface area contributed by atoms with E-state index in [2.05, 4.69) is 28.5 Å². The molecule has 5 nitrogen and oxygen atoms in total. The van der Waals surface area contributed by atoms with Gasteiger partial charge in [-0.05, 0) is 31.5 Å². The first-order valence-electron chi connectivity index (χ1n) is 7.03. The van der Waals surface area contributed by atoms with Crippen molar-refractivity contribution in [1.82, 2.24) is 15.5 Å². The number of hydrogen-bond acceptors (Lipinski definition) is 5. The SMILES string of the molecule is CCC(NC)c1nnc(C2COc3ccccc3C2)o1. The highest BCUT2D eigenvalue weighted by atomic mass is 16.5. The molecule has 1 N–H and O–H groups in total. The molecule has 1 aliphatic heterocycles. The fourth-order valence-electron chi connectivity index (χ4n) is 2.54. The quantitative estimate of drug-likeness (QED) is 0.927. The monoisotopic (exact) mass is 273 g/mol. The Morgan fingerprint density at radius 1 is 1.35 bits per heavy atom. The summed E-state index contributed by atoms with van der Waals surface area (Å²) in [7, 11) is 1.90. The molecule has 2 heterocycles. The van der Waals surface area contributed by atoms with E-state index in [4.69, 9.17) is 9.15 Å². The predicted octanol–water partition coefficient (Wildman–Crippen LogP) is 2.46. The van der Waals surface area contributed by atoms with Gasteiger partial charge in [0.15, 0.2) is 0 Å². The maximum absolute atomic E-state index is 5.82. The average Bonchev–Trinajstić information content (AvgIpc) is 2.98. The van der Waals surface area contributed by atoms with E-state index in [-0.39, 0.29) is 12.0 Å². The highest BCUT2D eigenvalue weighted by Gasteiger charge is 2.26. The molecule has 0 radical (unpaired) electrons. The van der Waals surface area contributed by atoms with Crippen molar-refractivity contribution in [2.24, 2.45) is 0 Å². The molecule has 0 aliphatic carbocycles. The maximum Gasteiger partial charge on any atom is 0.233 e. The van der Waals surface area contributed by atoms with E-state index in [0.717, 1.165) is 18.6 Å². The van der Waals surface area contributed by atoms with Crippen LogP contribution in [0.4, 0.5) is 0 Å². The zero-order chi connectivity index (χ0) is 13.9. The largest absolute Gasteiger partial charge is 0.492 e. The Hall–Kier alpha value is -1.88. The number of nitrogens with zero attached hydrogens (tertiary/aromatic N) is 2. The zero-order valence-corrected chi connectivity index (χ0v) is 11.8. The van der Waals surface area contributed by atoms with Crippen LogP contribution in [0.3, 0.4) is 0 Å². The smallest absolute Gasteiger partial charge is 0.233 e. The van der Waals surface area contributed by atoms with Gasteiger partial charge in [0.1, 0.15) is 12.4 Å². The van der Waals surface area contributed by atoms with Crippen molar-refractivity contribution < 1.29 is 9.15 Å². The lowest BCUT2D eigenvalue weighted by atomic mass is 9.97. The first-order chi connectivity index (χ1) is 9.81. The second-order valence-corrected chi connectivity index (χ2v) is 5.05. The van der Waals surface area contributed by atoms with E-state index < -0.39 is 0 Å². The topological polar surface area (TPSA) is 60.2 Å². The number of fused-ring (bicyclic) bond motifs is 1. The van der Waals surface area contributed by atoms with Crippen LogP contribution >= 0.6 is 0 Å². The van der Waals surface area contributed by atoms with Crippen LogP contribution in [0.25, 0.3) is 0 Å². The minimum absolute atomic E-state index is 0.119. The number of aromatic nitrogens is 2. The van der Waals surface area contributed by atoms with Gasteiger partial charge in [-0.3, -0.25) is 0 Å². The van der Waals surface area contributed by atoms with Crippen molar-refractivity contribution in [2.75, 3.05) is 13.7 Å². The minimum Gasteiger partial charge on any atom is -0.492 e. The third kappa shape index (κ3) is 2.41.